The molecule has 0 bridgehead atoms. The van der Waals surface area contributed by atoms with Gasteiger partial charge in [0.2, 0.25) is 5.82 Å². The third kappa shape index (κ3) is 5.04. The molecular formula is C27H28N8O2. The number of carboxylic acids is 1. The van der Waals surface area contributed by atoms with Crippen molar-refractivity contribution in [3.8, 4) is 22.5 Å². The number of aryl methyl sites for hydroxylation is 2. The van der Waals surface area contributed by atoms with E-state index in [9.17, 15) is 9.90 Å². The number of carboxylic acid groups (broad SMARTS) is 1. The van der Waals surface area contributed by atoms with Gasteiger partial charge in [-0.25, -0.2) is 4.98 Å². The minimum atomic E-state index is -0.908. The van der Waals surface area contributed by atoms with Gasteiger partial charge in [-0.05, 0) is 34.7 Å². The molecule has 0 fully saturated rings. The quantitative estimate of drug-likeness (QED) is 0.295. The van der Waals surface area contributed by atoms with Crippen molar-refractivity contribution in [2.45, 2.75) is 39.7 Å². The lowest BCUT2D eigenvalue weighted by Gasteiger charge is -2.24. The summed E-state index contributed by atoms with van der Waals surface area (Å²) < 4.78 is 1.77. The van der Waals surface area contributed by atoms with Crippen molar-refractivity contribution >= 4 is 17.4 Å². The summed E-state index contributed by atoms with van der Waals surface area (Å²) in [5.74, 6) is 0.343. The van der Waals surface area contributed by atoms with Gasteiger partial charge < -0.3 is 10.0 Å². The highest BCUT2D eigenvalue weighted by molar-refractivity contribution is 5.80. The van der Waals surface area contributed by atoms with Crippen molar-refractivity contribution in [1.29, 1.82) is 0 Å². The van der Waals surface area contributed by atoms with Gasteiger partial charge >= 0.3 is 5.97 Å². The molecule has 0 atom stereocenters. The second-order valence-electron chi connectivity index (χ2n) is 8.84. The minimum Gasteiger partial charge on any atom is -0.480 e. The number of hydrogen-bond donors (Lipinski definition) is 2. The molecule has 0 saturated heterocycles. The van der Waals surface area contributed by atoms with Gasteiger partial charge in [-0.15, -0.1) is 10.2 Å². The van der Waals surface area contributed by atoms with Crippen LogP contribution in [0.2, 0.25) is 0 Å². The smallest absolute Gasteiger partial charge is 0.323 e. The minimum absolute atomic E-state index is 0.159. The molecule has 37 heavy (non-hydrogen) atoms. The van der Waals surface area contributed by atoms with Crippen LogP contribution in [0.1, 0.15) is 37.1 Å². The lowest BCUT2D eigenvalue weighted by molar-refractivity contribution is -0.135. The van der Waals surface area contributed by atoms with E-state index in [1.54, 1.807) is 4.52 Å². The van der Waals surface area contributed by atoms with Crippen LogP contribution in [-0.4, -0.2) is 52.8 Å². The first-order valence-corrected chi connectivity index (χ1v) is 12.3. The van der Waals surface area contributed by atoms with Crippen LogP contribution in [0.3, 0.4) is 0 Å². The Bertz CT molecular complexity index is 1510. The zero-order valence-electron chi connectivity index (χ0n) is 20.8. The third-order valence-corrected chi connectivity index (χ3v) is 6.26. The molecule has 5 rings (SSSR count). The molecule has 0 aliphatic rings. The molecule has 2 N–H and O–H groups in total. The van der Waals surface area contributed by atoms with Gasteiger partial charge in [-0.2, -0.15) is 14.8 Å². The number of nitrogens with zero attached hydrogens (tertiary/aromatic N) is 7. The Hall–Kier alpha value is -4.60. The maximum atomic E-state index is 11.9. The summed E-state index contributed by atoms with van der Waals surface area (Å²) in [5.41, 5.74) is 6.62. The molecule has 0 amide bonds. The highest BCUT2D eigenvalue weighted by Crippen LogP contribution is 2.30. The summed E-state index contributed by atoms with van der Waals surface area (Å²) in [7, 11) is 0. The standard InChI is InChI=1S/C27H28N8O2/c1-3-7-20-15-28-35-24(14-21(4-2)29-27(20)35)34(17-25(36)37)16-18-10-12-19(13-11-18)22-8-5-6-9-23(22)26-30-32-33-31-26/h5-6,8-15H,3-4,7,16-17H2,1-2H3,(H,36,37)(H,30,31,32,33). The maximum Gasteiger partial charge on any atom is 0.323 e. The van der Waals surface area contributed by atoms with Crippen LogP contribution >= 0.6 is 0 Å². The normalized spacial score (nSPS) is 11.2. The van der Waals surface area contributed by atoms with E-state index < -0.39 is 5.97 Å². The van der Waals surface area contributed by atoms with Crippen LogP contribution < -0.4 is 4.90 Å². The van der Waals surface area contributed by atoms with Gasteiger partial charge in [0.25, 0.3) is 0 Å². The van der Waals surface area contributed by atoms with Crippen LogP contribution in [-0.2, 0) is 24.2 Å². The molecule has 3 heterocycles. The van der Waals surface area contributed by atoms with Gasteiger partial charge in [0.05, 0.1) is 6.20 Å². The summed E-state index contributed by atoms with van der Waals surface area (Å²) in [4.78, 5) is 18.5. The summed E-state index contributed by atoms with van der Waals surface area (Å²) in [6, 6.07) is 17.9. The Kier molecular flexibility index (Phi) is 6.89. The van der Waals surface area contributed by atoms with E-state index in [2.05, 4.69) is 32.6 Å². The number of aromatic amines is 1. The topological polar surface area (TPSA) is 125 Å². The van der Waals surface area contributed by atoms with Crippen LogP contribution in [0.15, 0.2) is 60.8 Å². The fraction of sp³-hybridized carbons (Fsp3) is 0.259. The average molecular weight is 497 g/mol. The molecule has 3 aromatic heterocycles. The summed E-state index contributed by atoms with van der Waals surface area (Å²) in [6.07, 6.45) is 4.43. The van der Waals surface area contributed by atoms with E-state index in [0.717, 1.165) is 64.2 Å². The van der Waals surface area contributed by atoms with Gasteiger partial charge in [0, 0.05) is 29.4 Å². The molecule has 0 aliphatic heterocycles. The van der Waals surface area contributed by atoms with E-state index in [0.29, 0.717) is 12.4 Å². The number of tetrazole rings is 1. The van der Waals surface area contributed by atoms with Crippen molar-refractivity contribution < 1.29 is 9.90 Å². The Morgan fingerprint density at radius 1 is 1.08 bits per heavy atom. The number of aromatic nitrogens is 7. The van der Waals surface area contributed by atoms with E-state index in [-0.39, 0.29) is 6.54 Å². The van der Waals surface area contributed by atoms with Crippen LogP contribution in [0.5, 0.6) is 0 Å². The lowest BCUT2D eigenvalue weighted by atomic mass is 9.98. The largest absolute Gasteiger partial charge is 0.480 e. The first-order valence-electron chi connectivity index (χ1n) is 12.3. The number of carbonyl (C=O) groups is 1. The van der Waals surface area contributed by atoms with Gasteiger partial charge in [0.1, 0.15) is 12.4 Å². The molecule has 0 spiro atoms. The second-order valence-corrected chi connectivity index (χ2v) is 8.84. The number of rotatable bonds is 10. The Morgan fingerprint density at radius 3 is 2.54 bits per heavy atom. The van der Waals surface area contributed by atoms with Crippen molar-refractivity contribution in [3.05, 3.63) is 77.6 Å². The number of aliphatic carboxylic acids is 1. The summed E-state index contributed by atoms with van der Waals surface area (Å²) in [6.45, 7) is 4.41. The zero-order chi connectivity index (χ0) is 25.8. The highest BCUT2D eigenvalue weighted by Gasteiger charge is 2.19. The predicted molar refractivity (Wildman–Crippen MR) is 140 cm³/mol. The fourth-order valence-electron chi connectivity index (χ4n) is 4.49. The molecule has 5 aromatic rings. The van der Waals surface area contributed by atoms with E-state index >= 15 is 0 Å². The Labute approximate surface area is 214 Å². The molecule has 188 valence electrons. The van der Waals surface area contributed by atoms with Crippen LogP contribution in [0.25, 0.3) is 28.2 Å². The Balaban J connectivity index is 1.49. The average Bonchev–Trinajstić information content (AvgIpc) is 3.59. The molecule has 10 nitrogen and oxygen atoms in total. The molecule has 10 heteroatoms. The van der Waals surface area contributed by atoms with Crippen molar-refractivity contribution in [2.75, 3.05) is 11.4 Å². The molecule has 0 unspecified atom stereocenters. The molecule has 0 aliphatic carbocycles. The maximum absolute atomic E-state index is 11.9. The van der Waals surface area contributed by atoms with E-state index in [1.165, 1.54) is 0 Å². The number of H-pyrrole nitrogens is 1. The molecular weight excluding hydrogens is 468 g/mol. The van der Waals surface area contributed by atoms with Gasteiger partial charge in [-0.3, -0.25) is 4.79 Å². The zero-order valence-corrected chi connectivity index (χ0v) is 20.8. The summed E-state index contributed by atoms with van der Waals surface area (Å²) in [5, 5.41) is 28.7. The van der Waals surface area contributed by atoms with Crippen molar-refractivity contribution in [1.82, 2.24) is 35.2 Å². The fourth-order valence-corrected chi connectivity index (χ4v) is 4.49. The third-order valence-electron chi connectivity index (χ3n) is 6.26. The summed E-state index contributed by atoms with van der Waals surface area (Å²) >= 11 is 0. The first-order chi connectivity index (χ1) is 18.1. The SMILES string of the molecule is CCCc1cnn2c(N(CC(=O)O)Cc3ccc(-c4ccccc4-c4nn[nH]n4)cc3)cc(CC)nc12. The second kappa shape index (κ2) is 10.6. The van der Waals surface area contributed by atoms with E-state index in [4.69, 9.17) is 4.98 Å². The lowest BCUT2D eigenvalue weighted by Crippen LogP contribution is -2.31. The van der Waals surface area contributed by atoms with Gasteiger partial charge in [-0.1, -0.05) is 68.8 Å². The van der Waals surface area contributed by atoms with E-state index in [1.807, 2.05) is 72.6 Å². The number of fused-ring (bicyclic) bond motifs is 1. The Morgan fingerprint density at radius 2 is 1.86 bits per heavy atom. The molecule has 0 saturated carbocycles. The first kappa shape index (κ1) is 24.1. The van der Waals surface area contributed by atoms with Gasteiger partial charge in [0.15, 0.2) is 5.65 Å². The molecule has 2 aromatic carbocycles. The predicted octanol–water partition coefficient (Wildman–Crippen LogP) is 4.18. The number of anilines is 1. The number of benzene rings is 2. The van der Waals surface area contributed by atoms with Crippen molar-refractivity contribution in [2.24, 2.45) is 0 Å². The number of nitrogens with one attached hydrogen (secondary N) is 1. The van der Waals surface area contributed by atoms with Crippen LogP contribution in [0.4, 0.5) is 5.82 Å². The molecule has 0 radical (unpaired) electrons. The van der Waals surface area contributed by atoms with Crippen LogP contribution in [0, 0.1) is 0 Å². The van der Waals surface area contributed by atoms with Crippen molar-refractivity contribution in [3.63, 3.8) is 0 Å². The monoisotopic (exact) mass is 496 g/mol. The highest BCUT2D eigenvalue weighted by atomic mass is 16.4. The number of hydrogen-bond acceptors (Lipinski definition) is 7.